The van der Waals surface area contributed by atoms with Crippen molar-refractivity contribution in [3.63, 3.8) is 0 Å². The van der Waals surface area contributed by atoms with Gasteiger partial charge in [0.05, 0.1) is 22.1 Å². The lowest BCUT2D eigenvalue weighted by atomic mass is 10.0. The van der Waals surface area contributed by atoms with E-state index in [9.17, 15) is 4.79 Å². The molecule has 0 saturated carbocycles. The highest BCUT2D eigenvalue weighted by Gasteiger charge is 2.13. The van der Waals surface area contributed by atoms with Crippen molar-refractivity contribution in [1.82, 2.24) is 15.6 Å². The molecule has 0 radical (unpaired) electrons. The van der Waals surface area contributed by atoms with Crippen molar-refractivity contribution in [2.45, 2.75) is 13.0 Å². The van der Waals surface area contributed by atoms with E-state index in [1.54, 1.807) is 18.4 Å². The molecule has 5 nitrogen and oxygen atoms in total. The molecule has 0 aliphatic heterocycles. The molecule has 6 heteroatoms. The summed E-state index contributed by atoms with van der Waals surface area (Å²) < 4.78 is 0. The van der Waals surface area contributed by atoms with Crippen LogP contribution in [0.5, 0.6) is 0 Å². The lowest BCUT2D eigenvalue weighted by Gasteiger charge is -2.17. The maximum Gasteiger partial charge on any atom is 0.405 e. The quantitative estimate of drug-likeness (QED) is 0.791. The predicted octanol–water partition coefficient (Wildman–Crippen LogP) is 2.65. The Morgan fingerprint density at radius 3 is 2.60 bits per heavy atom. The molecule has 0 aliphatic rings. The summed E-state index contributed by atoms with van der Waals surface area (Å²) in [5, 5.41) is 14.4. The molecule has 1 aromatic carbocycles. The summed E-state index contributed by atoms with van der Waals surface area (Å²) in [7, 11) is 1.80. The van der Waals surface area contributed by atoms with Crippen molar-refractivity contribution in [3.8, 4) is 10.4 Å². The molecule has 2 rings (SSSR count). The number of thiazole rings is 1. The van der Waals surface area contributed by atoms with Crippen LogP contribution in [0.25, 0.3) is 10.4 Å². The van der Waals surface area contributed by atoms with E-state index in [2.05, 4.69) is 15.6 Å². The van der Waals surface area contributed by atoms with Gasteiger partial charge in [-0.05, 0) is 25.1 Å². The van der Waals surface area contributed by atoms with Gasteiger partial charge in [0.15, 0.2) is 0 Å². The Morgan fingerprint density at radius 1 is 1.40 bits per heavy atom. The Kier molecular flexibility index (Phi) is 4.70. The summed E-state index contributed by atoms with van der Waals surface area (Å²) in [5.74, 6) is 0. The number of aryl methyl sites for hydroxylation is 1. The second kappa shape index (κ2) is 6.49. The highest BCUT2D eigenvalue weighted by atomic mass is 32.1. The molecule has 1 heterocycles. The van der Waals surface area contributed by atoms with E-state index in [4.69, 9.17) is 5.11 Å². The highest BCUT2D eigenvalue weighted by molar-refractivity contribution is 7.13. The zero-order chi connectivity index (χ0) is 14.5. The second-order valence-corrected chi connectivity index (χ2v) is 5.30. The smallest absolute Gasteiger partial charge is 0.405 e. The Morgan fingerprint density at radius 2 is 2.10 bits per heavy atom. The lowest BCUT2D eigenvalue weighted by Crippen LogP contribution is -2.33. The fourth-order valence-corrected chi connectivity index (χ4v) is 2.86. The molecule has 20 heavy (non-hydrogen) atoms. The number of likely N-dealkylation sites (N-methyl/N-ethyl adjacent to an activating group) is 1. The van der Waals surface area contributed by atoms with Gasteiger partial charge in [-0.2, -0.15) is 0 Å². The largest absolute Gasteiger partial charge is 0.465 e. The summed E-state index contributed by atoms with van der Waals surface area (Å²) >= 11 is 1.60. The van der Waals surface area contributed by atoms with Gasteiger partial charge in [0.25, 0.3) is 0 Å². The third-order valence-electron chi connectivity index (χ3n) is 3.03. The van der Waals surface area contributed by atoms with Crippen LogP contribution in [0, 0.1) is 6.92 Å². The average Bonchev–Trinajstić information content (AvgIpc) is 2.84. The molecule has 3 N–H and O–H groups in total. The molecule has 0 aliphatic carbocycles. The van der Waals surface area contributed by atoms with E-state index in [1.807, 2.05) is 36.7 Å². The van der Waals surface area contributed by atoms with Crippen LogP contribution in [0.2, 0.25) is 0 Å². The minimum atomic E-state index is -1.02. The first-order valence-electron chi connectivity index (χ1n) is 6.26. The topological polar surface area (TPSA) is 74.2 Å². The van der Waals surface area contributed by atoms with Gasteiger partial charge in [0.2, 0.25) is 0 Å². The molecule has 0 fully saturated rings. The van der Waals surface area contributed by atoms with Crippen molar-refractivity contribution in [2.75, 3.05) is 13.6 Å². The number of nitrogens with zero attached hydrogens (tertiary/aromatic N) is 1. The summed E-state index contributed by atoms with van der Waals surface area (Å²) in [6.45, 7) is 2.53. The molecular weight excluding hydrogens is 274 g/mol. The number of rotatable bonds is 5. The van der Waals surface area contributed by atoms with Crippen molar-refractivity contribution < 1.29 is 9.90 Å². The standard InChI is InChI=1S/C14H17N3O2S/c1-9-13(20-8-16-9)11-5-3-10(4-6-11)12(7-15-2)17-14(18)19/h3-6,8,12,15,17H,7H2,1-2H3,(H,18,19)/t12-/m0/s1. The third-order valence-corrected chi connectivity index (χ3v) is 4.00. The average molecular weight is 291 g/mol. The van der Waals surface area contributed by atoms with Crippen LogP contribution in [0.15, 0.2) is 29.8 Å². The molecule has 0 saturated heterocycles. The van der Waals surface area contributed by atoms with E-state index in [0.717, 1.165) is 21.7 Å². The van der Waals surface area contributed by atoms with Crippen molar-refractivity contribution in [1.29, 1.82) is 0 Å². The highest BCUT2D eigenvalue weighted by Crippen LogP contribution is 2.28. The Labute approximate surface area is 121 Å². The predicted molar refractivity (Wildman–Crippen MR) is 80.1 cm³/mol. The van der Waals surface area contributed by atoms with Gasteiger partial charge >= 0.3 is 6.09 Å². The summed E-state index contributed by atoms with van der Waals surface area (Å²) in [6.07, 6.45) is -1.02. The molecule has 1 atom stereocenters. The van der Waals surface area contributed by atoms with E-state index >= 15 is 0 Å². The van der Waals surface area contributed by atoms with Gasteiger partial charge < -0.3 is 15.7 Å². The molecule has 0 unspecified atom stereocenters. The van der Waals surface area contributed by atoms with Crippen LogP contribution in [0.3, 0.4) is 0 Å². The van der Waals surface area contributed by atoms with Gasteiger partial charge in [-0.15, -0.1) is 11.3 Å². The molecule has 1 amide bonds. The van der Waals surface area contributed by atoms with Gasteiger partial charge in [0, 0.05) is 6.54 Å². The summed E-state index contributed by atoms with van der Waals surface area (Å²) in [4.78, 5) is 16.2. The number of aromatic nitrogens is 1. The first-order valence-corrected chi connectivity index (χ1v) is 7.14. The molecule has 1 aromatic heterocycles. The Bertz CT molecular complexity index is 580. The zero-order valence-corrected chi connectivity index (χ0v) is 12.2. The zero-order valence-electron chi connectivity index (χ0n) is 11.4. The molecule has 0 spiro atoms. The molecular formula is C14H17N3O2S. The van der Waals surface area contributed by atoms with Gasteiger partial charge in [-0.3, -0.25) is 0 Å². The summed E-state index contributed by atoms with van der Waals surface area (Å²) in [5.41, 5.74) is 4.88. The number of amides is 1. The maximum atomic E-state index is 10.8. The van der Waals surface area contributed by atoms with Crippen LogP contribution in [0.4, 0.5) is 4.79 Å². The maximum absolute atomic E-state index is 10.8. The minimum absolute atomic E-state index is 0.255. The molecule has 0 bridgehead atoms. The van der Waals surface area contributed by atoms with Gasteiger partial charge in [-0.25, -0.2) is 9.78 Å². The fourth-order valence-electron chi connectivity index (χ4n) is 2.05. The number of benzene rings is 1. The molecule has 106 valence electrons. The van der Waals surface area contributed by atoms with E-state index < -0.39 is 6.09 Å². The van der Waals surface area contributed by atoms with Crippen LogP contribution in [0.1, 0.15) is 17.3 Å². The normalized spacial score (nSPS) is 12.1. The van der Waals surface area contributed by atoms with Crippen LogP contribution < -0.4 is 10.6 Å². The lowest BCUT2D eigenvalue weighted by molar-refractivity contribution is 0.189. The number of carbonyl (C=O) groups is 1. The van der Waals surface area contributed by atoms with E-state index in [0.29, 0.717) is 6.54 Å². The van der Waals surface area contributed by atoms with E-state index in [-0.39, 0.29) is 6.04 Å². The van der Waals surface area contributed by atoms with Crippen LogP contribution in [-0.4, -0.2) is 29.8 Å². The minimum Gasteiger partial charge on any atom is -0.465 e. The number of nitrogens with one attached hydrogen (secondary N) is 2. The number of hydrogen-bond donors (Lipinski definition) is 3. The second-order valence-electron chi connectivity index (χ2n) is 4.45. The van der Waals surface area contributed by atoms with Crippen LogP contribution >= 0.6 is 11.3 Å². The number of hydrogen-bond acceptors (Lipinski definition) is 4. The molecule has 2 aromatic rings. The fraction of sp³-hybridized carbons (Fsp3) is 0.286. The van der Waals surface area contributed by atoms with Crippen molar-refractivity contribution >= 4 is 17.4 Å². The first kappa shape index (κ1) is 14.5. The van der Waals surface area contributed by atoms with Crippen molar-refractivity contribution in [2.24, 2.45) is 0 Å². The Balaban J connectivity index is 2.21. The van der Waals surface area contributed by atoms with Crippen LogP contribution in [-0.2, 0) is 0 Å². The first-order chi connectivity index (χ1) is 9.61. The number of carboxylic acid groups (broad SMARTS) is 1. The van der Waals surface area contributed by atoms with Crippen molar-refractivity contribution in [3.05, 3.63) is 41.0 Å². The Hall–Kier alpha value is -1.92. The monoisotopic (exact) mass is 291 g/mol. The van der Waals surface area contributed by atoms with E-state index in [1.165, 1.54) is 0 Å². The van der Waals surface area contributed by atoms with Gasteiger partial charge in [-0.1, -0.05) is 24.3 Å². The van der Waals surface area contributed by atoms with Gasteiger partial charge in [0.1, 0.15) is 0 Å². The SMILES string of the molecule is CNC[C@H](NC(=O)O)c1ccc(-c2scnc2C)cc1. The third kappa shape index (κ3) is 3.34. The summed E-state index contributed by atoms with van der Waals surface area (Å²) in [6, 6.07) is 7.65.